The number of rotatable bonds is 0. The molecule has 0 aliphatic rings. The van der Waals surface area contributed by atoms with Crippen LogP contribution in [0.15, 0.2) is 0 Å². The van der Waals surface area contributed by atoms with Crippen molar-refractivity contribution in [2.24, 2.45) is 5.73 Å². The molecule has 0 spiro atoms. The topological polar surface area (TPSA) is 61.0 Å². The molecule has 5 N–H and O–H groups in total. The minimum atomic E-state index is 0. The lowest BCUT2D eigenvalue weighted by Crippen LogP contribution is -1.94. The molecule has 0 bridgehead atoms. The van der Waals surface area contributed by atoms with Crippen molar-refractivity contribution in [1.82, 2.24) is 6.15 Å². The normalized spacial score (nSPS) is 4.17. The summed E-state index contributed by atoms with van der Waals surface area (Å²) in [6.45, 7) is 0. The zero-order valence-electron chi connectivity index (χ0n) is 2.64. The van der Waals surface area contributed by atoms with Crippen molar-refractivity contribution in [3.8, 4) is 0 Å². The molecule has 0 saturated carbocycles. The summed E-state index contributed by atoms with van der Waals surface area (Å²) in [5.74, 6) is 0. The first-order chi connectivity index (χ1) is 1.73. The van der Waals surface area contributed by atoms with Crippen LogP contribution >= 0.6 is 24.8 Å². The molecule has 0 atom stereocenters. The largest absolute Gasteiger partial charge is 0.385 e. The maximum absolute atomic E-state index is 4.71. The Hall–Kier alpha value is 0.200. The lowest BCUT2D eigenvalue weighted by atomic mass is 11.5. The average Bonchev–Trinajstić information content (AvgIpc) is 0.811. The molecule has 0 aromatic carbocycles. The van der Waals surface area contributed by atoms with E-state index in [-0.39, 0.29) is 17.9 Å². The fourth-order valence-corrected chi connectivity index (χ4v) is 0. The summed E-state index contributed by atoms with van der Waals surface area (Å²) in [6.07, 6.45) is 0. The Morgan fingerprint density at radius 3 is 1.67 bits per heavy atom. The summed E-state index contributed by atoms with van der Waals surface area (Å²) in [6, 6.07) is 0. The van der Waals surface area contributed by atoms with E-state index >= 15 is 0 Å². The molecule has 0 aliphatic carbocycles. The quantitative estimate of drug-likeness (QED) is 0.334. The lowest BCUT2D eigenvalue weighted by Gasteiger charge is -1.64. The predicted molar refractivity (Wildman–Crippen MR) is 37.5 cm³/mol. The van der Waals surface area contributed by atoms with E-state index in [0.717, 1.165) is 0 Å². The highest BCUT2D eigenvalue weighted by molar-refractivity contribution is 8.10. The van der Waals surface area contributed by atoms with Gasteiger partial charge in [-0.25, -0.2) is 0 Å². The molecule has 0 saturated heterocycles. The van der Waals surface area contributed by atoms with Crippen LogP contribution in [-0.4, -0.2) is 4.32 Å². The molecule has 0 aromatic rings. The van der Waals surface area contributed by atoms with Crippen LogP contribution in [0.2, 0.25) is 0 Å². The fourth-order valence-electron chi connectivity index (χ4n) is 0. The average molecular weight is 126 g/mol. The second-order valence-electron chi connectivity index (χ2n) is 0.338. The zero-order chi connectivity index (χ0) is 3.58. The lowest BCUT2D eigenvalue weighted by molar-refractivity contribution is 1.91. The summed E-state index contributed by atoms with van der Waals surface area (Å²) in [5.41, 5.74) is 4.71. The summed E-state index contributed by atoms with van der Waals surface area (Å²) >= 11 is 7.65. The minimum absolute atomic E-state index is 0. The summed E-state index contributed by atoms with van der Waals surface area (Å²) in [7, 11) is 0. The van der Waals surface area contributed by atoms with Crippen LogP contribution in [0.5, 0.6) is 0 Å². The van der Waals surface area contributed by atoms with Crippen molar-refractivity contribution in [1.29, 1.82) is 0 Å². The number of hydrogen-bond acceptors (Lipinski definition) is 2. The van der Waals surface area contributed by atoms with Gasteiger partial charge >= 0.3 is 0 Å². The first kappa shape index (κ1) is 16.4. The van der Waals surface area contributed by atoms with Crippen molar-refractivity contribution in [2.75, 3.05) is 0 Å². The number of nitrogens with two attached hydrogens (primary N) is 1. The maximum atomic E-state index is 4.71. The van der Waals surface area contributed by atoms with E-state index in [4.69, 9.17) is 5.73 Å². The monoisotopic (exact) mass is 126 g/mol. The Morgan fingerprint density at radius 2 is 1.67 bits per heavy atom. The van der Waals surface area contributed by atoms with Crippen LogP contribution in [0.25, 0.3) is 0 Å². The van der Waals surface area contributed by atoms with E-state index in [1.54, 1.807) is 0 Å². The SMILES string of the molecule is C.N.NC(=S)S. The molecule has 0 fully saturated rings. The third-order valence-electron chi connectivity index (χ3n) is 0. The highest BCUT2D eigenvalue weighted by atomic mass is 32.1. The Labute approximate surface area is 49.1 Å². The second-order valence-corrected chi connectivity index (χ2v) is 1.56. The highest BCUT2D eigenvalue weighted by Gasteiger charge is 1.55. The van der Waals surface area contributed by atoms with Crippen LogP contribution < -0.4 is 11.9 Å². The van der Waals surface area contributed by atoms with Crippen LogP contribution in [0.1, 0.15) is 7.43 Å². The van der Waals surface area contributed by atoms with Gasteiger partial charge in [-0.15, -0.1) is 12.6 Å². The van der Waals surface area contributed by atoms with Gasteiger partial charge in [-0.1, -0.05) is 19.6 Å². The van der Waals surface area contributed by atoms with Crippen molar-refractivity contribution >= 4 is 29.2 Å². The number of thiocarbonyl (C=S) groups is 1. The molecule has 4 heteroatoms. The first-order valence-corrected chi connectivity index (χ1v) is 1.57. The molecule has 0 radical (unpaired) electrons. The van der Waals surface area contributed by atoms with Crippen molar-refractivity contribution in [3.05, 3.63) is 0 Å². The van der Waals surface area contributed by atoms with Gasteiger partial charge in [0.1, 0.15) is 4.32 Å². The highest BCUT2D eigenvalue weighted by Crippen LogP contribution is 1.63. The summed E-state index contributed by atoms with van der Waals surface area (Å²) in [4.78, 5) is 0. The molecule has 6 heavy (non-hydrogen) atoms. The van der Waals surface area contributed by atoms with Gasteiger partial charge in [0.15, 0.2) is 0 Å². The van der Waals surface area contributed by atoms with Gasteiger partial charge in [-0.05, 0) is 0 Å². The Kier molecular flexibility index (Phi) is 24.4. The molecule has 40 valence electrons. The van der Waals surface area contributed by atoms with Crippen molar-refractivity contribution < 1.29 is 0 Å². The van der Waals surface area contributed by atoms with Crippen LogP contribution in [0.4, 0.5) is 0 Å². The molecular weight excluding hydrogens is 116 g/mol. The van der Waals surface area contributed by atoms with Gasteiger partial charge in [0.2, 0.25) is 0 Å². The number of hydrogen-bond donors (Lipinski definition) is 3. The van der Waals surface area contributed by atoms with Crippen LogP contribution in [0, 0.1) is 0 Å². The molecule has 0 rings (SSSR count). The zero-order valence-corrected chi connectivity index (χ0v) is 4.35. The third-order valence-corrected chi connectivity index (χ3v) is 0. The van der Waals surface area contributed by atoms with Gasteiger partial charge in [-0.2, -0.15) is 0 Å². The number of thiol groups is 1. The van der Waals surface area contributed by atoms with Gasteiger partial charge in [-0.3, -0.25) is 0 Å². The predicted octanol–water partition coefficient (Wildman–Crippen LogP) is 0.958. The van der Waals surface area contributed by atoms with Gasteiger partial charge in [0.25, 0.3) is 0 Å². The molecule has 0 aromatic heterocycles. The van der Waals surface area contributed by atoms with E-state index in [1.165, 1.54) is 0 Å². The van der Waals surface area contributed by atoms with Crippen molar-refractivity contribution in [3.63, 3.8) is 0 Å². The molecule has 2 nitrogen and oxygen atoms in total. The van der Waals surface area contributed by atoms with E-state index < -0.39 is 0 Å². The van der Waals surface area contributed by atoms with E-state index in [0.29, 0.717) is 0 Å². The van der Waals surface area contributed by atoms with Crippen molar-refractivity contribution in [2.45, 2.75) is 7.43 Å². The van der Waals surface area contributed by atoms with E-state index in [2.05, 4.69) is 24.8 Å². The maximum Gasteiger partial charge on any atom is 0.128 e. The molecule has 0 amide bonds. The van der Waals surface area contributed by atoms with E-state index in [9.17, 15) is 0 Å². The molecule has 0 unspecified atom stereocenters. The fraction of sp³-hybridized carbons (Fsp3) is 0.500. The van der Waals surface area contributed by atoms with Crippen LogP contribution in [0.3, 0.4) is 0 Å². The Bertz CT molecular complexity index is 32.5. The second kappa shape index (κ2) is 8.96. The standard InChI is InChI=1S/CH3NS2.CH4.H3N/c2-1(3)4;;/h(H3,2,3,4);1H4;1H3. The van der Waals surface area contributed by atoms with Gasteiger partial charge in [0.05, 0.1) is 0 Å². The van der Waals surface area contributed by atoms with E-state index in [1.807, 2.05) is 0 Å². The summed E-state index contributed by atoms with van der Waals surface area (Å²) < 4.78 is 0.194. The molecule has 0 aliphatic heterocycles. The Balaban J connectivity index is -0.0000000450. The molecule has 0 heterocycles. The van der Waals surface area contributed by atoms with Gasteiger partial charge in [0, 0.05) is 0 Å². The third kappa shape index (κ3) is 1080. The smallest absolute Gasteiger partial charge is 0.128 e. The first-order valence-electron chi connectivity index (χ1n) is 0.716. The van der Waals surface area contributed by atoms with Crippen LogP contribution in [-0.2, 0) is 0 Å². The minimum Gasteiger partial charge on any atom is -0.385 e. The van der Waals surface area contributed by atoms with Gasteiger partial charge < -0.3 is 11.9 Å². The molecular formula is C2H10N2S2. The summed E-state index contributed by atoms with van der Waals surface area (Å²) in [5, 5.41) is 0. The Morgan fingerprint density at radius 1 is 1.67 bits per heavy atom.